The van der Waals surface area contributed by atoms with E-state index in [4.69, 9.17) is 14.7 Å². The Morgan fingerprint density at radius 3 is 2.53 bits per heavy atom. The molecule has 0 aliphatic carbocycles. The molecule has 7 nitrogen and oxygen atoms in total. The lowest BCUT2D eigenvalue weighted by Crippen LogP contribution is -2.35. The van der Waals surface area contributed by atoms with Crippen molar-refractivity contribution >= 4 is 17.4 Å². The summed E-state index contributed by atoms with van der Waals surface area (Å²) in [6.45, 7) is 6.33. The van der Waals surface area contributed by atoms with Crippen LogP contribution in [-0.4, -0.2) is 49.0 Å². The molecule has 4 heterocycles. The Morgan fingerprint density at radius 2 is 1.87 bits per heavy atom. The molecule has 2 aliphatic heterocycles. The van der Waals surface area contributed by atoms with Gasteiger partial charge in [0.1, 0.15) is 6.07 Å². The first-order chi connectivity index (χ1) is 14.5. The molecule has 4 rings (SSSR count). The third kappa shape index (κ3) is 4.49. The summed E-state index contributed by atoms with van der Waals surface area (Å²) in [6.07, 6.45) is 4.46. The number of piperidine rings is 2. The number of nitrogens with zero attached hydrogens (tertiary/aromatic N) is 4. The van der Waals surface area contributed by atoms with Gasteiger partial charge in [0.05, 0.1) is 5.69 Å². The van der Waals surface area contributed by atoms with Gasteiger partial charge in [-0.25, -0.2) is 4.98 Å². The maximum Gasteiger partial charge on any atom is 0.291 e. The molecule has 2 saturated heterocycles. The predicted octanol–water partition coefficient (Wildman–Crippen LogP) is 3.84. The van der Waals surface area contributed by atoms with Crippen LogP contribution < -0.4 is 10.2 Å². The number of carbonyl (C=O) groups excluding carboxylic acids is 1. The number of nitriles is 1. The van der Waals surface area contributed by atoms with E-state index in [0.29, 0.717) is 17.5 Å². The molecule has 0 unspecified atom stereocenters. The van der Waals surface area contributed by atoms with Crippen molar-refractivity contribution in [2.75, 3.05) is 43.4 Å². The zero-order valence-corrected chi connectivity index (χ0v) is 17.7. The summed E-state index contributed by atoms with van der Waals surface area (Å²) in [7, 11) is 2.16. The molecule has 7 heteroatoms. The molecule has 0 atom stereocenters. The summed E-state index contributed by atoms with van der Waals surface area (Å²) in [5, 5.41) is 11.9. The van der Waals surface area contributed by atoms with E-state index in [2.05, 4.69) is 29.1 Å². The fourth-order valence-corrected chi connectivity index (χ4v) is 4.26. The zero-order valence-electron chi connectivity index (χ0n) is 17.7. The van der Waals surface area contributed by atoms with Crippen molar-refractivity contribution in [2.45, 2.75) is 38.5 Å². The zero-order chi connectivity index (χ0) is 21.1. The molecule has 2 fully saturated rings. The predicted molar refractivity (Wildman–Crippen MR) is 116 cm³/mol. The molecule has 2 aliphatic rings. The van der Waals surface area contributed by atoms with Gasteiger partial charge in [0, 0.05) is 24.7 Å². The van der Waals surface area contributed by atoms with Gasteiger partial charge < -0.3 is 19.5 Å². The van der Waals surface area contributed by atoms with Crippen molar-refractivity contribution < 1.29 is 9.21 Å². The number of anilines is 2. The van der Waals surface area contributed by atoms with Crippen molar-refractivity contribution in [3.05, 3.63) is 41.5 Å². The Hall–Kier alpha value is -2.85. The molecule has 1 N–H and O–H groups in total. The maximum atomic E-state index is 12.7. The van der Waals surface area contributed by atoms with Gasteiger partial charge in [0.2, 0.25) is 5.76 Å². The average Bonchev–Trinajstić information content (AvgIpc) is 3.25. The normalized spacial score (nSPS) is 18.9. The number of rotatable bonds is 4. The van der Waals surface area contributed by atoms with Gasteiger partial charge in [-0.15, -0.1) is 0 Å². The molecule has 0 bridgehead atoms. The van der Waals surface area contributed by atoms with Crippen LogP contribution in [-0.2, 0) is 0 Å². The van der Waals surface area contributed by atoms with Gasteiger partial charge in [-0.1, -0.05) is 6.92 Å². The fourth-order valence-electron chi connectivity index (χ4n) is 4.26. The van der Waals surface area contributed by atoms with Crippen LogP contribution in [0.25, 0.3) is 0 Å². The molecule has 0 aromatic carbocycles. The Labute approximate surface area is 177 Å². The van der Waals surface area contributed by atoms with Gasteiger partial charge in [0.25, 0.3) is 5.91 Å². The van der Waals surface area contributed by atoms with Crippen LogP contribution in [0.2, 0.25) is 0 Å². The molecule has 30 heavy (non-hydrogen) atoms. The molecule has 0 saturated carbocycles. The molecule has 0 spiro atoms. The molecule has 158 valence electrons. The molecule has 2 aromatic rings. The molecule has 1 amide bonds. The Bertz CT molecular complexity index is 931. The minimum atomic E-state index is -0.364. The standard InChI is InChI=1S/C23H29N5O2/c1-16-7-13-28(14-8-16)22-20(26-23(29)21-6-3-18(15-24)30-21)5-4-19(25-22)17-9-11-27(2)12-10-17/h3-6,16-17H,7-14H2,1-2H3,(H,26,29). The highest BCUT2D eigenvalue weighted by atomic mass is 16.3. The number of furan rings is 1. The first kappa shape index (κ1) is 20.4. The first-order valence-corrected chi connectivity index (χ1v) is 10.8. The van der Waals surface area contributed by atoms with Crippen LogP contribution in [0, 0.1) is 17.2 Å². The van der Waals surface area contributed by atoms with Crippen LogP contribution in [0.5, 0.6) is 0 Å². The van der Waals surface area contributed by atoms with Gasteiger partial charge >= 0.3 is 0 Å². The van der Waals surface area contributed by atoms with E-state index in [0.717, 1.165) is 63.4 Å². The van der Waals surface area contributed by atoms with Crippen molar-refractivity contribution in [3.63, 3.8) is 0 Å². The van der Waals surface area contributed by atoms with E-state index in [1.165, 1.54) is 12.1 Å². The second-order valence-electron chi connectivity index (χ2n) is 8.58. The first-order valence-electron chi connectivity index (χ1n) is 10.8. The lowest BCUT2D eigenvalue weighted by Gasteiger charge is -2.34. The van der Waals surface area contributed by atoms with Gasteiger partial charge in [-0.2, -0.15) is 5.26 Å². The highest BCUT2D eigenvalue weighted by molar-refractivity contribution is 6.03. The van der Waals surface area contributed by atoms with E-state index in [-0.39, 0.29) is 17.4 Å². The van der Waals surface area contributed by atoms with Gasteiger partial charge in [0.15, 0.2) is 11.6 Å². The summed E-state index contributed by atoms with van der Waals surface area (Å²) in [4.78, 5) is 22.4. The molecular formula is C23H29N5O2. The molecular weight excluding hydrogens is 378 g/mol. The van der Waals surface area contributed by atoms with E-state index >= 15 is 0 Å². The van der Waals surface area contributed by atoms with Crippen molar-refractivity contribution in [1.82, 2.24) is 9.88 Å². The summed E-state index contributed by atoms with van der Waals surface area (Å²) < 4.78 is 5.28. The van der Waals surface area contributed by atoms with Crippen molar-refractivity contribution in [1.29, 1.82) is 5.26 Å². The number of hydrogen-bond donors (Lipinski definition) is 1. The monoisotopic (exact) mass is 407 g/mol. The van der Waals surface area contributed by atoms with Gasteiger partial charge in [-0.3, -0.25) is 4.79 Å². The minimum Gasteiger partial charge on any atom is -0.440 e. The number of aromatic nitrogens is 1. The minimum absolute atomic E-state index is 0.126. The smallest absolute Gasteiger partial charge is 0.291 e. The SMILES string of the molecule is CC1CCN(c2nc(C3CCN(C)CC3)ccc2NC(=O)c2ccc(C#N)o2)CC1. The topological polar surface area (TPSA) is 85.4 Å². The maximum absolute atomic E-state index is 12.7. The third-order valence-electron chi connectivity index (χ3n) is 6.30. The third-order valence-corrected chi connectivity index (χ3v) is 6.30. The summed E-state index contributed by atoms with van der Waals surface area (Å²) in [6, 6.07) is 8.96. The quantitative estimate of drug-likeness (QED) is 0.829. The van der Waals surface area contributed by atoms with E-state index < -0.39 is 0 Å². The van der Waals surface area contributed by atoms with Crippen LogP contribution in [0.1, 0.15) is 60.5 Å². The lowest BCUT2D eigenvalue weighted by atomic mass is 9.93. The number of pyridine rings is 1. The summed E-state index contributed by atoms with van der Waals surface area (Å²) in [5.41, 5.74) is 1.81. The van der Waals surface area contributed by atoms with Crippen molar-refractivity contribution in [3.8, 4) is 6.07 Å². The van der Waals surface area contributed by atoms with E-state index in [1.54, 1.807) is 0 Å². The number of nitrogens with one attached hydrogen (secondary N) is 1. The van der Waals surface area contributed by atoms with Crippen molar-refractivity contribution in [2.24, 2.45) is 5.92 Å². The number of likely N-dealkylation sites (tertiary alicyclic amines) is 1. The Morgan fingerprint density at radius 1 is 1.13 bits per heavy atom. The van der Waals surface area contributed by atoms with E-state index in [1.807, 2.05) is 18.2 Å². The van der Waals surface area contributed by atoms with Crippen LogP contribution >= 0.6 is 0 Å². The van der Waals surface area contributed by atoms with Gasteiger partial charge in [-0.05, 0) is 76.0 Å². The second-order valence-corrected chi connectivity index (χ2v) is 8.58. The number of carbonyl (C=O) groups is 1. The average molecular weight is 408 g/mol. The lowest BCUT2D eigenvalue weighted by molar-refractivity contribution is 0.0996. The summed E-state index contributed by atoms with van der Waals surface area (Å²) >= 11 is 0. The summed E-state index contributed by atoms with van der Waals surface area (Å²) in [5.74, 6) is 1.90. The highest BCUT2D eigenvalue weighted by Crippen LogP contribution is 2.33. The van der Waals surface area contributed by atoms with E-state index in [9.17, 15) is 4.79 Å². The Kier molecular flexibility index (Phi) is 6.05. The largest absolute Gasteiger partial charge is 0.440 e. The Balaban J connectivity index is 1.59. The van der Waals surface area contributed by atoms with Crippen LogP contribution in [0.15, 0.2) is 28.7 Å². The second kappa shape index (κ2) is 8.88. The number of hydrogen-bond acceptors (Lipinski definition) is 6. The molecule has 0 radical (unpaired) electrons. The van der Waals surface area contributed by atoms with Crippen LogP contribution in [0.4, 0.5) is 11.5 Å². The van der Waals surface area contributed by atoms with Crippen LogP contribution in [0.3, 0.4) is 0 Å². The highest BCUT2D eigenvalue weighted by Gasteiger charge is 2.25. The fraction of sp³-hybridized carbons (Fsp3) is 0.522. The number of amides is 1. The molecule has 2 aromatic heterocycles.